The Morgan fingerprint density at radius 1 is 1.04 bits per heavy atom. The van der Waals surface area contributed by atoms with Gasteiger partial charge in [-0.05, 0) is 42.8 Å². The molecule has 1 heterocycles. The van der Waals surface area contributed by atoms with Crippen molar-refractivity contribution in [3.05, 3.63) is 88.2 Å². The Labute approximate surface area is 162 Å². The summed E-state index contributed by atoms with van der Waals surface area (Å²) in [5.74, 6) is -0.336. The Bertz CT molecular complexity index is 899. The first-order valence-electron chi connectivity index (χ1n) is 8.07. The maximum absolute atomic E-state index is 12.3. The zero-order chi connectivity index (χ0) is 18.5. The van der Waals surface area contributed by atoms with Crippen molar-refractivity contribution >= 4 is 40.5 Å². The number of aromatic nitrogens is 1. The van der Waals surface area contributed by atoms with Crippen LogP contribution in [-0.4, -0.2) is 10.9 Å². The van der Waals surface area contributed by atoms with Gasteiger partial charge in [-0.15, -0.1) is 0 Å². The molecule has 3 rings (SSSR count). The monoisotopic (exact) mass is 385 g/mol. The van der Waals surface area contributed by atoms with Crippen molar-refractivity contribution < 1.29 is 4.79 Å². The van der Waals surface area contributed by atoms with E-state index in [0.29, 0.717) is 21.4 Å². The first-order chi connectivity index (χ1) is 12.5. The summed E-state index contributed by atoms with van der Waals surface area (Å²) >= 11 is 11.9. The molecule has 132 valence electrons. The van der Waals surface area contributed by atoms with Crippen LogP contribution in [-0.2, 0) is 0 Å². The van der Waals surface area contributed by atoms with E-state index in [0.717, 1.165) is 5.69 Å². The smallest absolute Gasteiger partial charge is 0.274 e. The molecule has 2 aromatic carbocycles. The number of nitrogens with one attached hydrogen (secondary N) is 2. The average Bonchev–Trinajstić information content (AvgIpc) is 2.65. The zero-order valence-corrected chi connectivity index (χ0v) is 15.6. The molecule has 1 unspecified atom stereocenters. The number of carbonyl (C=O) groups excluding carboxylic acids is 1. The fraction of sp³-hybridized carbons (Fsp3) is 0.100. The lowest BCUT2D eigenvalue weighted by Crippen LogP contribution is -2.14. The highest BCUT2D eigenvalue weighted by atomic mass is 35.5. The molecular weight excluding hydrogens is 369 g/mol. The van der Waals surface area contributed by atoms with Gasteiger partial charge >= 0.3 is 0 Å². The molecule has 0 bridgehead atoms. The molecule has 3 aromatic rings. The lowest BCUT2D eigenvalue weighted by Gasteiger charge is -2.15. The summed E-state index contributed by atoms with van der Waals surface area (Å²) in [5.41, 5.74) is 2.80. The Balaban J connectivity index is 1.66. The molecule has 26 heavy (non-hydrogen) atoms. The summed E-state index contributed by atoms with van der Waals surface area (Å²) in [5, 5.41) is 6.97. The lowest BCUT2D eigenvalue weighted by molar-refractivity contribution is 0.102. The van der Waals surface area contributed by atoms with E-state index in [1.54, 1.807) is 30.5 Å². The van der Waals surface area contributed by atoms with Gasteiger partial charge in [0.2, 0.25) is 0 Å². The number of carbonyl (C=O) groups is 1. The van der Waals surface area contributed by atoms with Gasteiger partial charge in [-0.2, -0.15) is 0 Å². The number of rotatable bonds is 5. The van der Waals surface area contributed by atoms with Crippen LogP contribution < -0.4 is 10.6 Å². The van der Waals surface area contributed by atoms with Crippen LogP contribution in [0.15, 0.2) is 66.9 Å². The molecule has 2 N–H and O–H groups in total. The van der Waals surface area contributed by atoms with Crippen molar-refractivity contribution in [2.75, 3.05) is 10.6 Å². The second-order valence-corrected chi connectivity index (χ2v) is 6.63. The van der Waals surface area contributed by atoms with Crippen LogP contribution in [0, 0.1) is 0 Å². The van der Waals surface area contributed by atoms with Crippen LogP contribution in [0.3, 0.4) is 0 Å². The van der Waals surface area contributed by atoms with Gasteiger partial charge in [-0.25, -0.2) is 4.98 Å². The quantitative estimate of drug-likeness (QED) is 0.582. The highest BCUT2D eigenvalue weighted by molar-refractivity contribution is 6.36. The fourth-order valence-electron chi connectivity index (χ4n) is 2.47. The third-order valence-corrected chi connectivity index (χ3v) is 4.41. The Morgan fingerprint density at radius 3 is 2.46 bits per heavy atom. The van der Waals surface area contributed by atoms with E-state index in [1.807, 2.05) is 24.3 Å². The second-order valence-electron chi connectivity index (χ2n) is 5.79. The number of hydrogen-bond donors (Lipinski definition) is 2. The van der Waals surface area contributed by atoms with Crippen LogP contribution >= 0.6 is 23.2 Å². The molecule has 4 nitrogen and oxygen atoms in total. The maximum atomic E-state index is 12.3. The SMILES string of the molecule is CC(Nc1ccc(C(=O)Nc2ccc(Cl)cc2Cl)nc1)c1ccccc1. The van der Waals surface area contributed by atoms with E-state index in [-0.39, 0.29) is 11.9 Å². The molecule has 0 spiro atoms. The van der Waals surface area contributed by atoms with Gasteiger partial charge < -0.3 is 10.6 Å². The molecule has 0 radical (unpaired) electrons. The van der Waals surface area contributed by atoms with Gasteiger partial charge in [0.15, 0.2) is 0 Å². The van der Waals surface area contributed by atoms with Crippen LogP contribution in [0.4, 0.5) is 11.4 Å². The Kier molecular flexibility index (Phi) is 5.76. The highest BCUT2D eigenvalue weighted by Gasteiger charge is 2.11. The molecule has 1 atom stereocenters. The number of hydrogen-bond acceptors (Lipinski definition) is 3. The van der Waals surface area contributed by atoms with Crippen molar-refractivity contribution in [1.29, 1.82) is 0 Å². The molecule has 1 aromatic heterocycles. The maximum Gasteiger partial charge on any atom is 0.274 e. The number of halogens is 2. The van der Waals surface area contributed by atoms with Crippen molar-refractivity contribution in [2.45, 2.75) is 13.0 Å². The highest BCUT2D eigenvalue weighted by Crippen LogP contribution is 2.26. The molecule has 0 fully saturated rings. The van der Waals surface area contributed by atoms with E-state index in [2.05, 4.69) is 34.7 Å². The van der Waals surface area contributed by atoms with Crippen molar-refractivity contribution in [3.8, 4) is 0 Å². The normalized spacial score (nSPS) is 11.7. The van der Waals surface area contributed by atoms with Crippen molar-refractivity contribution in [3.63, 3.8) is 0 Å². The molecule has 0 aliphatic rings. The van der Waals surface area contributed by atoms with Crippen LogP contribution in [0.5, 0.6) is 0 Å². The molecule has 0 aliphatic carbocycles. The minimum absolute atomic E-state index is 0.130. The Hall–Kier alpha value is -2.56. The summed E-state index contributed by atoms with van der Waals surface area (Å²) in [6, 6.07) is 18.6. The largest absolute Gasteiger partial charge is 0.377 e. The van der Waals surface area contributed by atoms with E-state index < -0.39 is 0 Å². The summed E-state index contributed by atoms with van der Waals surface area (Å²) in [6.45, 7) is 2.07. The molecule has 0 saturated carbocycles. The number of amides is 1. The molecule has 0 aliphatic heterocycles. The standard InChI is InChI=1S/C20H17Cl2N3O/c1-13(14-5-3-2-4-6-14)24-16-8-10-19(23-12-16)20(26)25-18-9-7-15(21)11-17(18)22/h2-13,24H,1H3,(H,25,26). The van der Waals surface area contributed by atoms with Gasteiger partial charge in [0.1, 0.15) is 5.69 Å². The summed E-state index contributed by atoms with van der Waals surface area (Å²) < 4.78 is 0. The second kappa shape index (κ2) is 8.21. The van der Waals surface area contributed by atoms with Gasteiger partial charge in [-0.3, -0.25) is 4.79 Å². The number of pyridine rings is 1. The summed E-state index contributed by atoms with van der Waals surface area (Å²) in [7, 11) is 0. The molecule has 6 heteroatoms. The first kappa shape index (κ1) is 18.2. The van der Waals surface area contributed by atoms with Crippen molar-refractivity contribution in [1.82, 2.24) is 4.98 Å². The summed E-state index contributed by atoms with van der Waals surface area (Å²) in [4.78, 5) is 16.5. The predicted molar refractivity (Wildman–Crippen MR) is 107 cm³/mol. The van der Waals surface area contributed by atoms with Gasteiger partial charge in [-0.1, -0.05) is 53.5 Å². The van der Waals surface area contributed by atoms with Gasteiger partial charge in [0, 0.05) is 11.1 Å². The minimum atomic E-state index is -0.336. The summed E-state index contributed by atoms with van der Waals surface area (Å²) in [6.07, 6.45) is 1.64. The lowest BCUT2D eigenvalue weighted by atomic mass is 10.1. The molecular formula is C20H17Cl2N3O. The van der Waals surface area contributed by atoms with Crippen LogP contribution in [0.2, 0.25) is 10.0 Å². The van der Waals surface area contributed by atoms with Gasteiger partial charge in [0.25, 0.3) is 5.91 Å². The van der Waals surface area contributed by atoms with Crippen LogP contribution in [0.25, 0.3) is 0 Å². The van der Waals surface area contributed by atoms with E-state index in [1.165, 1.54) is 5.56 Å². The number of anilines is 2. The van der Waals surface area contributed by atoms with Crippen LogP contribution in [0.1, 0.15) is 29.0 Å². The molecule has 0 saturated heterocycles. The zero-order valence-electron chi connectivity index (χ0n) is 14.0. The predicted octanol–water partition coefficient (Wildman–Crippen LogP) is 5.81. The topological polar surface area (TPSA) is 54.0 Å². The Morgan fingerprint density at radius 2 is 1.81 bits per heavy atom. The van der Waals surface area contributed by atoms with E-state index in [4.69, 9.17) is 23.2 Å². The third-order valence-electron chi connectivity index (χ3n) is 3.86. The van der Waals surface area contributed by atoms with E-state index in [9.17, 15) is 4.79 Å². The number of nitrogens with zero attached hydrogens (tertiary/aromatic N) is 1. The van der Waals surface area contributed by atoms with Gasteiger partial charge in [0.05, 0.1) is 22.6 Å². The number of benzene rings is 2. The average molecular weight is 386 g/mol. The fourth-order valence-corrected chi connectivity index (χ4v) is 2.92. The molecule has 1 amide bonds. The first-order valence-corrected chi connectivity index (χ1v) is 8.82. The third kappa shape index (κ3) is 4.54. The van der Waals surface area contributed by atoms with Crippen molar-refractivity contribution in [2.24, 2.45) is 0 Å². The van der Waals surface area contributed by atoms with E-state index >= 15 is 0 Å². The minimum Gasteiger partial charge on any atom is -0.377 e.